The molecular formula is C38H59FN6O3S. The highest BCUT2D eigenvalue weighted by molar-refractivity contribution is 8.01. The highest BCUT2D eigenvalue weighted by Crippen LogP contribution is 2.48. The lowest BCUT2D eigenvalue weighted by Gasteiger charge is -2.40. The summed E-state index contributed by atoms with van der Waals surface area (Å²) in [6.45, 7) is 16.4. The number of halogens is 1. The number of amides is 4. The van der Waals surface area contributed by atoms with Crippen LogP contribution in [0.15, 0.2) is 42.5 Å². The lowest BCUT2D eigenvalue weighted by Crippen LogP contribution is -2.50. The van der Waals surface area contributed by atoms with Gasteiger partial charge in [-0.25, -0.2) is 9.18 Å². The van der Waals surface area contributed by atoms with E-state index in [-0.39, 0.29) is 51.2 Å². The summed E-state index contributed by atoms with van der Waals surface area (Å²) >= 11 is 1.50. The van der Waals surface area contributed by atoms with Gasteiger partial charge < -0.3 is 24.9 Å². The summed E-state index contributed by atoms with van der Waals surface area (Å²) in [5, 5.41) is 2.17. The van der Waals surface area contributed by atoms with Crippen LogP contribution in [0, 0.1) is 11.2 Å². The summed E-state index contributed by atoms with van der Waals surface area (Å²) in [5.74, 6) is -0.329. The van der Waals surface area contributed by atoms with Gasteiger partial charge in [0.1, 0.15) is 11.2 Å². The normalized spacial score (nSPS) is 22.8. The zero-order valence-corrected chi connectivity index (χ0v) is 30.6. The molecule has 4 aliphatic rings. The van der Waals surface area contributed by atoms with Gasteiger partial charge in [-0.3, -0.25) is 14.5 Å². The Morgan fingerprint density at radius 2 is 1.69 bits per heavy atom. The van der Waals surface area contributed by atoms with Crippen molar-refractivity contribution < 1.29 is 23.1 Å². The number of hydrogen-bond donors (Lipinski definition) is 1. The van der Waals surface area contributed by atoms with Crippen LogP contribution < -0.4 is 10.2 Å². The number of nitrogens with one attached hydrogen (secondary N) is 1. The highest BCUT2D eigenvalue weighted by Gasteiger charge is 2.44. The largest absolute Gasteiger partial charge is 0.366 e. The number of anilines is 2. The molecule has 2 aromatic rings. The van der Waals surface area contributed by atoms with Crippen molar-refractivity contribution in [2.75, 3.05) is 62.6 Å². The summed E-state index contributed by atoms with van der Waals surface area (Å²) in [4.78, 5) is 51.2. The van der Waals surface area contributed by atoms with E-state index in [0.717, 1.165) is 55.8 Å². The third-order valence-electron chi connectivity index (χ3n) is 10.6. The number of carbonyl (C=O) groups excluding carboxylic acids is 3. The average Bonchev–Trinajstić information content (AvgIpc) is 3.27. The van der Waals surface area contributed by atoms with E-state index in [4.69, 9.17) is 0 Å². The molecule has 3 fully saturated rings. The molecule has 4 heterocycles. The van der Waals surface area contributed by atoms with Crippen molar-refractivity contribution >= 4 is 41.0 Å². The van der Waals surface area contributed by atoms with E-state index in [9.17, 15) is 14.4 Å². The zero-order chi connectivity index (χ0) is 34.9. The Morgan fingerprint density at radius 1 is 0.980 bits per heavy atom. The maximum Gasteiger partial charge on any atom is 0.322 e. The Bertz CT molecular complexity index is 1530. The molecule has 11 heteroatoms. The molecule has 0 saturated carbocycles. The zero-order valence-electron chi connectivity index (χ0n) is 29.8. The van der Waals surface area contributed by atoms with Gasteiger partial charge in [0.2, 0.25) is 11.8 Å². The van der Waals surface area contributed by atoms with Gasteiger partial charge in [-0.05, 0) is 62.6 Å². The molecule has 0 aromatic heterocycles. The van der Waals surface area contributed by atoms with Crippen LogP contribution in [-0.2, 0) is 16.0 Å². The molecular weight excluding hydrogens is 640 g/mol. The van der Waals surface area contributed by atoms with Crippen LogP contribution in [0.5, 0.6) is 0 Å². The maximum atomic E-state index is 15.7. The van der Waals surface area contributed by atoms with Gasteiger partial charge >= 0.3 is 6.03 Å². The van der Waals surface area contributed by atoms with Crippen LogP contribution >= 0.6 is 11.8 Å². The molecule has 49 heavy (non-hydrogen) atoms. The van der Waals surface area contributed by atoms with Gasteiger partial charge in [0.25, 0.3) is 0 Å². The number of piperazine rings is 1. The third kappa shape index (κ3) is 8.03. The number of para-hydroxylation sites is 2. The Balaban J connectivity index is 0.00000243. The first kappa shape index (κ1) is 35.5. The summed E-state index contributed by atoms with van der Waals surface area (Å²) < 4.78 is 15.7. The third-order valence-corrected chi connectivity index (χ3v) is 12.1. The minimum Gasteiger partial charge on any atom is -0.366 e. The lowest BCUT2D eigenvalue weighted by molar-refractivity contribution is -0.137. The second-order valence-electron chi connectivity index (χ2n) is 15.5. The van der Waals surface area contributed by atoms with E-state index in [1.807, 2.05) is 39.0 Å². The minimum absolute atomic E-state index is 0. The van der Waals surface area contributed by atoms with Crippen LogP contribution in [0.4, 0.5) is 20.6 Å². The van der Waals surface area contributed by atoms with Crippen LogP contribution in [0.25, 0.3) is 0 Å². The first-order valence-electron chi connectivity index (χ1n) is 18.1. The van der Waals surface area contributed by atoms with E-state index < -0.39 is 5.25 Å². The molecule has 3 saturated heterocycles. The molecule has 6 rings (SSSR count). The lowest BCUT2D eigenvalue weighted by atomic mass is 9.92. The Hall–Kier alpha value is -3.31. The number of carbonyl (C=O) groups is 3. The first-order chi connectivity index (χ1) is 23.4. The number of piperidine rings is 1. The summed E-state index contributed by atoms with van der Waals surface area (Å²) in [6.07, 6.45) is 3.13. The molecule has 0 bridgehead atoms. The van der Waals surface area contributed by atoms with Gasteiger partial charge in [-0.2, -0.15) is 0 Å². The van der Waals surface area contributed by atoms with Gasteiger partial charge in [0.15, 0.2) is 0 Å². The minimum atomic E-state index is -0.529. The van der Waals surface area contributed by atoms with Crippen LogP contribution in [0.3, 0.4) is 0 Å². The number of hydrogen-bond acceptors (Lipinski definition) is 6. The van der Waals surface area contributed by atoms with E-state index >= 15 is 4.39 Å². The Morgan fingerprint density at radius 3 is 2.39 bits per heavy atom. The quantitative estimate of drug-likeness (QED) is 0.322. The second-order valence-corrected chi connectivity index (χ2v) is 16.7. The van der Waals surface area contributed by atoms with Crippen molar-refractivity contribution in [1.82, 2.24) is 19.6 Å². The SMILES string of the molecule is CC(C)N1CCN(c2c(F)cccc2[C@@H]2S[C@@H](CC(=O)N3CCC(N4CCc5ccccc5NC4=O)CC3)C(=O)N2CCC(C)(C)C)CC1.[HH].[HH].[HH]. The van der Waals surface area contributed by atoms with Crippen molar-refractivity contribution in [2.45, 2.75) is 89.4 Å². The molecule has 9 nitrogen and oxygen atoms in total. The fourth-order valence-electron chi connectivity index (χ4n) is 7.63. The molecule has 4 amide bonds. The number of thioether (sulfide) groups is 1. The van der Waals surface area contributed by atoms with Gasteiger partial charge in [0, 0.05) is 86.4 Å². The van der Waals surface area contributed by atoms with Gasteiger partial charge in [-0.1, -0.05) is 51.1 Å². The molecule has 4 aliphatic heterocycles. The highest BCUT2D eigenvalue weighted by atomic mass is 32.2. The molecule has 1 N–H and O–H groups in total. The predicted molar refractivity (Wildman–Crippen MR) is 202 cm³/mol. The molecule has 0 spiro atoms. The fourth-order valence-corrected chi connectivity index (χ4v) is 9.12. The number of fused-ring (bicyclic) bond motifs is 1. The van der Waals surface area contributed by atoms with Crippen LogP contribution in [0.2, 0.25) is 0 Å². The van der Waals surface area contributed by atoms with E-state index in [1.165, 1.54) is 17.8 Å². The van der Waals surface area contributed by atoms with Crippen molar-refractivity contribution in [3.05, 3.63) is 59.4 Å². The molecule has 2 atom stereocenters. The summed E-state index contributed by atoms with van der Waals surface area (Å²) in [7, 11) is 0. The van der Waals surface area contributed by atoms with E-state index in [2.05, 4.69) is 55.8 Å². The van der Waals surface area contributed by atoms with Gasteiger partial charge in [0.05, 0.1) is 10.9 Å². The molecule has 0 radical (unpaired) electrons. The molecule has 0 unspecified atom stereocenters. The number of nitrogens with zero attached hydrogens (tertiary/aromatic N) is 5. The number of urea groups is 1. The summed E-state index contributed by atoms with van der Waals surface area (Å²) in [5.41, 5.74) is 3.43. The number of likely N-dealkylation sites (tertiary alicyclic amines) is 1. The maximum absolute atomic E-state index is 15.7. The van der Waals surface area contributed by atoms with Gasteiger partial charge in [-0.15, -0.1) is 11.8 Å². The van der Waals surface area contributed by atoms with Crippen molar-refractivity contribution in [3.8, 4) is 0 Å². The number of rotatable bonds is 8. The van der Waals surface area contributed by atoms with E-state index in [1.54, 1.807) is 6.07 Å². The number of benzene rings is 2. The smallest absolute Gasteiger partial charge is 0.322 e. The fraction of sp³-hybridized carbons (Fsp3) is 0.605. The molecule has 2 aromatic carbocycles. The van der Waals surface area contributed by atoms with Crippen molar-refractivity contribution in [3.63, 3.8) is 0 Å². The van der Waals surface area contributed by atoms with E-state index in [0.29, 0.717) is 50.7 Å². The van der Waals surface area contributed by atoms with Crippen molar-refractivity contribution in [2.24, 2.45) is 5.41 Å². The average molecular weight is 699 g/mol. The van der Waals surface area contributed by atoms with Crippen molar-refractivity contribution in [1.29, 1.82) is 0 Å². The monoisotopic (exact) mass is 698 g/mol. The van der Waals surface area contributed by atoms with Crippen LogP contribution in [-0.4, -0.2) is 107 Å². The predicted octanol–water partition coefficient (Wildman–Crippen LogP) is 6.94. The topological polar surface area (TPSA) is 79.4 Å². The second kappa shape index (κ2) is 14.9. The Kier molecular flexibility index (Phi) is 10.8. The molecule has 272 valence electrons. The first-order valence-corrected chi connectivity index (χ1v) is 19.0. The summed E-state index contributed by atoms with van der Waals surface area (Å²) in [6, 6.07) is 13.6. The standard InChI is InChI=1S/C38H53FN6O3S.3H2/c1-26(2)41-21-23-43(24-22-41)34-29(10-8-11-30(34)39)36-45(20-16-38(3,4)5)35(47)32(49-36)25-33(46)42-17-14-28(15-18-42)44-19-13-27-9-6-7-12-31(27)40-37(44)48;;;/h6-12,26,28,32,36H,13-25H2,1-5H3,(H,40,48);3*1H/t32-,36-;;;/m0.../s1. The Labute approximate surface area is 300 Å². The van der Waals surface area contributed by atoms with Crippen LogP contribution in [0.1, 0.15) is 81.1 Å². The molecule has 0 aliphatic carbocycles.